The highest BCUT2D eigenvalue weighted by Crippen LogP contribution is 2.60. The van der Waals surface area contributed by atoms with Crippen molar-refractivity contribution in [3.05, 3.63) is 41.6 Å². The molecule has 40 heavy (non-hydrogen) atoms. The van der Waals surface area contributed by atoms with Crippen LogP contribution in [0.2, 0.25) is 0 Å². The first kappa shape index (κ1) is 27.8. The molecule has 1 unspecified atom stereocenters. The van der Waals surface area contributed by atoms with Gasteiger partial charge in [0.15, 0.2) is 5.79 Å². The van der Waals surface area contributed by atoms with Crippen molar-refractivity contribution in [2.45, 2.75) is 81.7 Å². The molecule has 3 N–H and O–H groups in total. The zero-order chi connectivity index (χ0) is 27.7. The van der Waals surface area contributed by atoms with Crippen molar-refractivity contribution in [3.8, 4) is 6.07 Å². The maximum absolute atomic E-state index is 9.75. The van der Waals surface area contributed by atoms with Crippen LogP contribution in [0.1, 0.15) is 63.5 Å². The van der Waals surface area contributed by atoms with Crippen molar-refractivity contribution < 1.29 is 9.47 Å². The van der Waals surface area contributed by atoms with Crippen LogP contribution < -0.4 is 16.0 Å². The molecule has 6 atom stereocenters. The van der Waals surface area contributed by atoms with E-state index in [0.717, 1.165) is 37.3 Å². The first-order chi connectivity index (χ1) is 19.4. The van der Waals surface area contributed by atoms with Crippen LogP contribution in [0.3, 0.4) is 0 Å². The van der Waals surface area contributed by atoms with Gasteiger partial charge in [-0.15, -0.1) is 11.8 Å². The predicted molar refractivity (Wildman–Crippen MR) is 158 cm³/mol. The molecule has 1 saturated heterocycles. The number of hydrogen-bond acceptors (Lipinski definition) is 9. The number of aromatic nitrogens is 2. The summed E-state index contributed by atoms with van der Waals surface area (Å²) < 4.78 is 11.8. The van der Waals surface area contributed by atoms with Crippen LogP contribution in [-0.4, -0.2) is 53.9 Å². The van der Waals surface area contributed by atoms with E-state index in [2.05, 4.69) is 57.5 Å². The maximum atomic E-state index is 9.75. The molecule has 4 saturated carbocycles. The Labute approximate surface area is 242 Å². The summed E-state index contributed by atoms with van der Waals surface area (Å²) in [6.45, 7) is 7.18. The van der Waals surface area contributed by atoms with E-state index < -0.39 is 5.79 Å². The average Bonchev–Trinajstić information content (AvgIpc) is 3.30. The second kappa shape index (κ2) is 11.5. The lowest BCUT2D eigenvalue weighted by atomic mass is 9.48. The molecule has 9 heteroatoms. The van der Waals surface area contributed by atoms with Crippen LogP contribution in [-0.2, 0) is 16.0 Å². The number of benzene rings is 1. The number of nitriles is 1. The average molecular weight is 563 g/mol. The van der Waals surface area contributed by atoms with Gasteiger partial charge in [0.05, 0.1) is 18.9 Å². The Kier molecular flexibility index (Phi) is 7.97. The Morgan fingerprint density at radius 3 is 2.65 bits per heavy atom. The minimum atomic E-state index is -0.446. The summed E-state index contributed by atoms with van der Waals surface area (Å²) in [5.41, 5.74) is 1.99. The minimum Gasteiger partial charge on any atom is -0.368 e. The molecule has 1 aromatic carbocycles. The SMILES string of the molecule is CSc1ccccc1CNc1ncc(C#N)c(NC[C@@]23CC4C[C@H](C2)[C@@H](NCC[C@H]2COC(C)(C)O2)[C@@H](C4)C3)n1. The van der Waals surface area contributed by atoms with Crippen LogP contribution in [0.5, 0.6) is 0 Å². The minimum absolute atomic E-state index is 0.191. The topological polar surface area (TPSA) is 104 Å². The molecule has 0 amide bonds. The third-order valence-corrected chi connectivity index (χ3v) is 10.3. The van der Waals surface area contributed by atoms with Gasteiger partial charge in [0.2, 0.25) is 5.95 Å². The summed E-state index contributed by atoms with van der Waals surface area (Å²) in [6, 6.07) is 11.2. The summed E-state index contributed by atoms with van der Waals surface area (Å²) in [7, 11) is 0. The third kappa shape index (κ3) is 5.96. The van der Waals surface area contributed by atoms with Crippen molar-refractivity contribution >= 4 is 23.5 Å². The normalized spacial score (nSPS) is 31.7. The smallest absolute Gasteiger partial charge is 0.224 e. The first-order valence-electron chi connectivity index (χ1n) is 14.8. The van der Waals surface area contributed by atoms with E-state index in [-0.39, 0.29) is 11.5 Å². The molecular formula is C31H42N6O2S. The van der Waals surface area contributed by atoms with E-state index in [9.17, 15) is 5.26 Å². The summed E-state index contributed by atoms with van der Waals surface area (Å²) in [5.74, 6) is 3.01. The van der Waals surface area contributed by atoms with Crippen molar-refractivity contribution in [1.29, 1.82) is 5.26 Å². The van der Waals surface area contributed by atoms with Gasteiger partial charge < -0.3 is 25.4 Å². The summed E-state index contributed by atoms with van der Waals surface area (Å²) in [5, 5.41) is 20.7. The zero-order valence-corrected chi connectivity index (χ0v) is 24.7. The quantitative estimate of drug-likeness (QED) is 0.310. The second-order valence-electron chi connectivity index (χ2n) is 12.8. The fourth-order valence-electron chi connectivity index (χ4n) is 8.04. The molecule has 1 aromatic heterocycles. The van der Waals surface area contributed by atoms with Gasteiger partial charge in [-0.1, -0.05) is 18.2 Å². The lowest BCUT2D eigenvalue weighted by molar-refractivity contribution is -0.139. The molecule has 4 bridgehead atoms. The van der Waals surface area contributed by atoms with Crippen molar-refractivity contribution in [1.82, 2.24) is 15.3 Å². The summed E-state index contributed by atoms with van der Waals surface area (Å²) in [4.78, 5) is 10.4. The van der Waals surface area contributed by atoms with E-state index in [4.69, 9.17) is 14.5 Å². The van der Waals surface area contributed by atoms with Gasteiger partial charge in [-0.25, -0.2) is 4.98 Å². The van der Waals surface area contributed by atoms with E-state index in [0.29, 0.717) is 36.5 Å². The number of hydrogen-bond donors (Lipinski definition) is 3. The zero-order valence-electron chi connectivity index (χ0n) is 23.9. The molecule has 4 aliphatic carbocycles. The van der Waals surface area contributed by atoms with Gasteiger partial charge in [-0.3, -0.25) is 0 Å². The highest BCUT2D eigenvalue weighted by molar-refractivity contribution is 7.98. The molecule has 0 radical (unpaired) electrons. The molecule has 8 nitrogen and oxygen atoms in total. The van der Waals surface area contributed by atoms with E-state index in [1.165, 1.54) is 42.6 Å². The fourth-order valence-corrected chi connectivity index (χ4v) is 8.65. The van der Waals surface area contributed by atoms with Crippen LogP contribution in [0, 0.1) is 34.5 Å². The third-order valence-electron chi connectivity index (χ3n) is 9.48. The summed E-state index contributed by atoms with van der Waals surface area (Å²) in [6.07, 6.45) is 11.4. The molecule has 0 spiro atoms. The van der Waals surface area contributed by atoms with Gasteiger partial charge >= 0.3 is 0 Å². The number of anilines is 2. The molecular weight excluding hydrogens is 520 g/mol. The molecule has 2 aromatic rings. The molecule has 7 rings (SSSR count). The predicted octanol–water partition coefficient (Wildman–Crippen LogP) is 5.42. The molecule has 2 heterocycles. The highest BCUT2D eigenvalue weighted by Gasteiger charge is 2.55. The number of ether oxygens (including phenoxy) is 2. The van der Waals surface area contributed by atoms with Crippen LogP contribution in [0.15, 0.2) is 35.4 Å². The monoisotopic (exact) mass is 562 g/mol. The lowest BCUT2D eigenvalue weighted by Crippen LogP contribution is -2.59. The molecule has 1 aliphatic heterocycles. The fraction of sp³-hybridized carbons (Fsp3) is 0.645. The Morgan fingerprint density at radius 1 is 1.12 bits per heavy atom. The Balaban J connectivity index is 1.06. The number of nitrogens with one attached hydrogen (secondary N) is 3. The molecule has 5 fully saturated rings. The number of rotatable bonds is 11. The molecule has 5 aliphatic rings. The van der Waals surface area contributed by atoms with E-state index >= 15 is 0 Å². The van der Waals surface area contributed by atoms with Crippen LogP contribution in [0.4, 0.5) is 11.8 Å². The Morgan fingerprint density at radius 2 is 1.93 bits per heavy atom. The lowest BCUT2D eigenvalue weighted by Gasteiger charge is -2.60. The van der Waals surface area contributed by atoms with Crippen molar-refractivity contribution in [2.24, 2.45) is 23.2 Å². The van der Waals surface area contributed by atoms with Crippen LogP contribution in [0.25, 0.3) is 0 Å². The number of nitrogens with zero attached hydrogens (tertiary/aromatic N) is 3. The Bertz CT molecular complexity index is 1230. The molecule has 214 valence electrons. The van der Waals surface area contributed by atoms with E-state index in [1.807, 2.05) is 13.8 Å². The van der Waals surface area contributed by atoms with Gasteiger partial charge in [0, 0.05) is 24.0 Å². The van der Waals surface area contributed by atoms with Gasteiger partial charge in [-0.05, 0) is 100.0 Å². The van der Waals surface area contributed by atoms with Crippen molar-refractivity contribution in [2.75, 3.05) is 36.6 Å². The standard InChI is InChI=1S/C31H42N6O2S/c1-30(2)38-18-25(39-30)8-9-33-27-22-10-20-11-23(27)14-31(12-20,13-22)19-36-28-24(15-32)17-35-29(37-28)34-16-21-6-4-5-7-26(21)40-3/h4-7,17,20,22-23,25,27,33H,8-14,16,18-19H2,1-3H3,(H2,34,35,36,37)/t20?,22-,23+,25-,27-,31+/m0/s1. The number of thioether (sulfide) groups is 1. The van der Waals surface area contributed by atoms with E-state index in [1.54, 1.807) is 18.0 Å². The van der Waals surface area contributed by atoms with Gasteiger partial charge in [0.25, 0.3) is 0 Å². The Hall–Kier alpha value is -2.38. The highest BCUT2D eigenvalue weighted by atomic mass is 32.2. The van der Waals surface area contributed by atoms with Gasteiger partial charge in [0.1, 0.15) is 17.5 Å². The largest absolute Gasteiger partial charge is 0.368 e. The first-order valence-corrected chi connectivity index (χ1v) is 16.0. The van der Waals surface area contributed by atoms with Crippen molar-refractivity contribution in [3.63, 3.8) is 0 Å². The van der Waals surface area contributed by atoms with Gasteiger partial charge in [-0.2, -0.15) is 10.2 Å². The van der Waals surface area contributed by atoms with Crippen LogP contribution >= 0.6 is 11.8 Å². The maximum Gasteiger partial charge on any atom is 0.224 e. The second-order valence-corrected chi connectivity index (χ2v) is 13.6. The summed E-state index contributed by atoms with van der Waals surface area (Å²) >= 11 is 1.73.